The highest BCUT2D eigenvalue weighted by molar-refractivity contribution is 5.72. The van der Waals surface area contributed by atoms with E-state index in [0.29, 0.717) is 25.4 Å². The van der Waals surface area contributed by atoms with Crippen LogP contribution in [0.15, 0.2) is 9.98 Å². The van der Waals surface area contributed by atoms with E-state index in [1.807, 2.05) is 6.92 Å². The summed E-state index contributed by atoms with van der Waals surface area (Å²) >= 11 is 0. The van der Waals surface area contributed by atoms with Crippen LogP contribution < -0.4 is 11.5 Å². The Kier molecular flexibility index (Phi) is 11.6. The molecule has 0 aliphatic heterocycles. The average molecular weight is 340 g/mol. The monoisotopic (exact) mass is 340 g/mol. The van der Waals surface area contributed by atoms with E-state index in [2.05, 4.69) is 9.98 Å². The summed E-state index contributed by atoms with van der Waals surface area (Å²) in [6, 6.07) is -0.716. The van der Waals surface area contributed by atoms with Crippen molar-refractivity contribution in [1.82, 2.24) is 0 Å². The zero-order valence-corrected chi connectivity index (χ0v) is 14.2. The standard InChI is InChI=1S/C10H14N2O2.C6H14N2O2/c1-10(12-8-14)4-2-3-9(5-10)6-11-7-13;7-4-2-1-3-5(8)6(9)10/h9H,2-6H2,1H3;5H,1-4,7-8H2,(H,9,10). The maximum absolute atomic E-state index is 10.2. The number of carbonyl (C=O) groups is 1. The van der Waals surface area contributed by atoms with Crippen LogP contribution >= 0.6 is 0 Å². The molecule has 5 N–H and O–H groups in total. The van der Waals surface area contributed by atoms with Gasteiger partial charge in [0.05, 0.1) is 12.1 Å². The molecule has 0 saturated heterocycles. The topological polar surface area (TPSA) is 148 Å². The van der Waals surface area contributed by atoms with Crippen LogP contribution in [0.2, 0.25) is 0 Å². The first-order valence-corrected chi connectivity index (χ1v) is 8.19. The Labute approximate surface area is 142 Å². The van der Waals surface area contributed by atoms with Gasteiger partial charge in [0, 0.05) is 0 Å². The average Bonchev–Trinajstić information content (AvgIpc) is 2.53. The summed E-state index contributed by atoms with van der Waals surface area (Å²) in [5.74, 6) is -0.579. The second-order valence-corrected chi connectivity index (χ2v) is 6.32. The molecule has 136 valence electrons. The lowest BCUT2D eigenvalue weighted by atomic mass is 9.77. The number of hydrogen-bond donors (Lipinski definition) is 3. The van der Waals surface area contributed by atoms with Crippen molar-refractivity contribution in [3.05, 3.63) is 0 Å². The smallest absolute Gasteiger partial charge is 0.320 e. The highest BCUT2D eigenvalue weighted by Gasteiger charge is 2.31. The summed E-state index contributed by atoms with van der Waals surface area (Å²) in [6.07, 6.45) is 9.14. The fraction of sp³-hybridized carbons (Fsp3) is 0.812. The van der Waals surface area contributed by atoms with E-state index in [1.165, 1.54) is 0 Å². The number of hydrogen-bond acceptors (Lipinski definition) is 7. The van der Waals surface area contributed by atoms with E-state index < -0.39 is 12.0 Å². The Morgan fingerprint density at radius 2 is 2.08 bits per heavy atom. The first kappa shape index (κ1) is 22.1. The molecule has 0 spiro atoms. The zero-order chi connectivity index (χ0) is 18.4. The minimum absolute atomic E-state index is 0.289. The highest BCUT2D eigenvalue weighted by Crippen LogP contribution is 2.34. The predicted octanol–water partition coefficient (Wildman–Crippen LogP) is 1.13. The molecule has 3 atom stereocenters. The Hall–Kier alpha value is -1.85. The normalized spacial score (nSPS) is 23.7. The SMILES string of the molecule is CC1(N=C=O)CCCC(CN=C=O)C1.NCCCCC(N)C(=O)O. The number of isocyanates is 2. The minimum atomic E-state index is -0.933. The molecule has 0 amide bonds. The van der Waals surface area contributed by atoms with Crippen LogP contribution in [0.4, 0.5) is 0 Å². The molecule has 8 nitrogen and oxygen atoms in total. The number of aliphatic imine (C=N–C) groups is 2. The van der Waals surface area contributed by atoms with E-state index in [4.69, 9.17) is 16.6 Å². The number of nitrogens with two attached hydrogens (primary N) is 2. The van der Waals surface area contributed by atoms with Crippen LogP contribution in [-0.4, -0.2) is 47.9 Å². The molecule has 1 aliphatic carbocycles. The van der Waals surface area contributed by atoms with Gasteiger partial charge in [-0.2, -0.15) is 4.99 Å². The van der Waals surface area contributed by atoms with Gasteiger partial charge in [-0.25, -0.2) is 14.6 Å². The number of carbonyl (C=O) groups excluding carboxylic acids is 2. The van der Waals surface area contributed by atoms with Crippen LogP contribution in [0.25, 0.3) is 0 Å². The third kappa shape index (κ3) is 10.0. The largest absolute Gasteiger partial charge is 0.480 e. The van der Waals surface area contributed by atoms with Gasteiger partial charge in [-0.1, -0.05) is 12.8 Å². The maximum atomic E-state index is 10.2. The highest BCUT2D eigenvalue weighted by atomic mass is 16.4. The van der Waals surface area contributed by atoms with Crippen molar-refractivity contribution in [2.75, 3.05) is 13.1 Å². The Balaban J connectivity index is 0.000000470. The van der Waals surface area contributed by atoms with Gasteiger partial charge in [-0.3, -0.25) is 4.79 Å². The van der Waals surface area contributed by atoms with Crippen LogP contribution in [0.1, 0.15) is 51.9 Å². The van der Waals surface area contributed by atoms with E-state index in [0.717, 1.165) is 38.5 Å². The second kappa shape index (κ2) is 12.6. The van der Waals surface area contributed by atoms with Gasteiger partial charge in [-0.15, -0.1) is 0 Å². The van der Waals surface area contributed by atoms with Crippen LogP contribution in [0.5, 0.6) is 0 Å². The second-order valence-electron chi connectivity index (χ2n) is 6.32. The van der Waals surface area contributed by atoms with Gasteiger partial charge >= 0.3 is 5.97 Å². The maximum Gasteiger partial charge on any atom is 0.320 e. The molecule has 0 radical (unpaired) electrons. The molecule has 1 rings (SSSR count). The number of unbranched alkanes of at least 4 members (excludes halogenated alkanes) is 1. The molecule has 0 aromatic rings. The molecule has 1 saturated carbocycles. The third-order valence-electron chi connectivity index (χ3n) is 4.07. The lowest BCUT2D eigenvalue weighted by Crippen LogP contribution is -2.31. The molecule has 3 unspecified atom stereocenters. The summed E-state index contributed by atoms with van der Waals surface area (Å²) in [5.41, 5.74) is 10.1. The Bertz CT molecular complexity index is 473. The zero-order valence-electron chi connectivity index (χ0n) is 14.2. The molecule has 24 heavy (non-hydrogen) atoms. The molecule has 1 fully saturated rings. The number of carboxylic acids is 1. The van der Waals surface area contributed by atoms with Gasteiger partial charge < -0.3 is 16.6 Å². The Morgan fingerprint density at radius 3 is 2.62 bits per heavy atom. The van der Waals surface area contributed by atoms with Crippen molar-refractivity contribution in [3.8, 4) is 0 Å². The fourth-order valence-corrected chi connectivity index (χ4v) is 2.76. The van der Waals surface area contributed by atoms with Gasteiger partial charge in [0.2, 0.25) is 12.2 Å². The van der Waals surface area contributed by atoms with Gasteiger partial charge in [0.25, 0.3) is 0 Å². The van der Waals surface area contributed by atoms with E-state index in [1.54, 1.807) is 12.2 Å². The molecular weight excluding hydrogens is 312 g/mol. The predicted molar refractivity (Wildman–Crippen MR) is 90.0 cm³/mol. The van der Waals surface area contributed by atoms with Crippen molar-refractivity contribution < 1.29 is 19.5 Å². The summed E-state index contributed by atoms with van der Waals surface area (Å²) < 4.78 is 0. The van der Waals surface area contributed by atoms with Crippen LogP contribution in [0.3, 0.4) is 0 Å². The Morgan fingerprint density at radius 1 is 1.38 bits per heavy atom. The number of aliphatic carboxylic acids is 1. The summed E-state index contributed by atoms with van der Waals surface area (Å²) in [7, 11) is 0. The van der Waals surface area contributed by atoms with E-state index >= 15 is 0 Å². The third-order valence-corrected chi connectivity index (χ3v) is 4.07. The molecule has 0 aromatic heterocycles. The molecule has 0 heterocycles. The number of rotatable bonds is 8. The first-order valence-electron chi connectivity index (χ1n) is 8.19. The lowest BCUT2D eigenvalue weighted by molar-refractivity contribution is -0.138. The molecular formula is C16H28N4O4. The van der Waals surface area contributed by atoms with Crippen LogP contribution in [-0.2, 0) is 14.4 Å². The van der Waals surface area contributed by atoms with E-state index in [9.17, 15) is 14.4 Å². The molecule has 1 aliphatic rings. The number of nitrogens with zero attached hydrogens (tertiary/aromatic N) is 2. The van der Waals surface area contributed by atoms with Crippen molar-refractivity contribution >= 4 is 18.1 Å². The fourth-order valence-electron chi connectivity index (χ4n) is 2.76. The molecule has 0 aromatic carbocycles. The van der Waals surface area contributed by atoms with Crippen molar-refractivity contribution in [2.24, 2.45) is 27.4 Å². The summed E-state index contributed by atoms with van der Waals surface area (Å²) in [4.78, 5) is 37.7. The van der Waals surface area contributed by atoms with Gasteiger partial charge in [0.15, 0.2) is 0 Å². The van der Waals surface area contributed by atoms with E-state index in [-0.39, 0.29) is 5.54 Å². The van der Waals surface area contributed by atoms with Crippen molar-refractivity contribution in [2.45, 2.75) is 63.5 Å². The van der Waals surface area contributed by atoms with Crippen molar-refractivity contribution in [1.29, 1.82) is 0 Å². The first-order chi connectivity index (χ1) is 11.4. The molecule has 0 bridgehead atoms. The summed E-state index contributed by atoms with van der Waals surface area (Å²) in [5, 5.41) is 8.33. The van der Waals surface area contributed by atoms with Crippen molar-refractivity contribution in [3.63, 3.8) is 0 Å². The number of carboxylic acid groups (broad SMARTS) is 1. The van der Waals surface area contributed by atoms with Crippen LogP contribution in [0, 0.1) is 5.92 Å². The minimum Gasteiger partial charge on any atom is -0.480 e. The quantitative estimate of drug-likeness (QED) is 0.343. The summed E-state index contributed by atoms with van der Waals surface area (Å²) in [6.45, 7) is 3.06. The van der Waals surface area contributed by atoms with Gasteiger partial charge in [-0.05, 0) is 51.5 Å². The van der Waals surface area contributed by atoms with Gasteiger partial charge in [0.1, 0.15) is 6.04 Å². The molecule has 8 heteroatoms. The lowest BCUT2D eigenvalue weighted by Gasteiger charge is -2.32.